The second kappa shape index (κ2) is 6.46. The van der Waals surface area contributed by atoms with E-state index in [4.69, 9.17) is 9.47 Å². The second-order valence-corrected chi connectivity index (χ2v) is 4.28. The number of halogens is 2. The van der Waals surface area contributed by atoms with Crippen molar-refractivity contribution in [3.8, 4) is 0 Å². The molecular formula is C15H13F2NO4. The molecule has 7 heteroatoms. The van der Waals surface area contributed by atoms with E-state index in [2.05, 4.69) is 4.98 Å². The molecule has 1 aromatic carbocycles. The molecule has 0 unspecified atom stereocenters. The van der Waals surface area contributed by atoms with Crippen LogP contribution in [0.2, 0.25) is 0 Å². The fourth-order valence-electron chi connectivity index (χ4n) is 1.92. The van der Waals surface area contributed by atoms with Crippen molar-refractivity contribution in [2.75, 3.05) is 13.2 Å². The molecule has 0 aliphatic heterocycles. The Balaban J connectivity index is 2.70. The van der Waals surface area contributed by atoms with Crippen LogP contribution < -0.4 is 0 Å². The van der Waals surface area contributed by atoms with E-state index < -0.39 is 23.6 Å². The van der Waals surface area contributed by atoms with Gasteiger partial charge in [-0.15, -0.1) is 0 Å². The summed E-state index contributed by atoms with van der Waals surface area (Å²) >= 11 is 0. The van der Waals surface area contributed by atoms with Gasteiger partial charge in [0.15, 0.2) is 5.69 Å². The number of carbonyl (C=O) groups excluding carboxylic acids is 2. The maximum absolute atomic E-state index is 13.8. The molecule has 0 saturated heterocycles. The molecule has 0 bridgehead atoms. The molecule has 0 spiro atoms. The SMILES string of the molecule is CCOC(=O)c1cc2c(F)cc(F)cc2nc1C(=O)OCC. The minimum absolute atomic E-state index is 0.0678. The standard InChI is InChI=1S/C15H13F2NO4/c1-3-21-14(19)10-7-9-11(17)5-8(16)6-12(9)18-13(10)15(20)22-4-2/h5-7H,3-4H2,1-2H3. The van der Waals surface area contributed by atoms with E-state index >= 15 is 0 Å². The van der Waals surface area contributed by atoms with E-state index in [0.29, 0.717) is 6.07 Å². The third kappa shape index (κ3) is 3.03. The van der Waals surface area contributed by atoms with Gasteiger partial charge in [-0.25, -0.2) is 23.4 Å². The first kappa shape index (κ1) is 15.8. The van der Waals surface area contributed by atoms with Gasteiger partial charge in [0.2, 0.25) is 0 Å². The molecule has 0 atom stereocenters. The first-order chi connectivity index (χ1) is 10.5. The predicted molar refractivity (Wildman–Crippen MR) is 73.6 cm³/mol. The molecule has 0 N–H and O–H groups in total. The van der Waals surface area contributed by atoms with E-state index in [1.165, 1.54) is 0 Å². The number of nitrogens with zero attached hydrogens (tertiary/aromatic N) is 1. The lowest BCUT2D eigenvalue weighted by molar-refractivity contribution is 0.0474. The molecule has 0 amide bonds. The van der Waals surface area contributed by atoms with Crippen molar-refractivity contribution in [1.82, 2.24) is 4.98 Å². The van der Waals surface area contributed by atoms with E-state index in [1.807, 2.05) is 0 Å². The van der Waals surface area contributed by atoms with Crippen molar-refractivity contribution in [3.05, 3.63) is 41.1 Å². The molecule has 0 aliphatic rings. The summed E-state index contributed by atoms with van der Waals surface area (Å²) in [6, 6.07) is 2.75. The monoisotopic (exact) mass is 309 g/mol. The summed E-state index contributed by atoms with van der Waals surface area (Å²) in [6.07, 6.45) is 0. The van der Waals surface area contributed by atoms with Crippen molar-refractivity contribution in [2.45, 2.75) is 13.8 Å². The number of rotatable bonds is 4. The van der Waals surface area contributed by atoms with E-state index in [0.717, 1.165) is 12.1 Å². The van der Waals surface area contributed by atoms with Crippen LogP contribution in [0.5, 0.6) is 0 Å². The van der Waals surface area contributed by atoms with Crippen LogP contribution in [-0.2, 0) is 9.47 Å². The quantitative estimate of drug-likeness (QED) is 0.813. The number of hydrogen-bond donors (Lipinski definition) is 0. The Kier molecular flexibility index (Phi) is 4.65. The van der Waals surface area contributed by atoms with E-state index in [-0.39, 0.29) is 35.4 Å². The zero-order valence-corrected chi connectivity index (χ0v) is 12.0. The average molecular weight is 309 g/mol. The van der Waals surface area contributed by atoms with Gasteiger partial charge in [-0.05, 0) is 19.9 Å². The molecule has 1 aromatic heterocycles. The Morgan fingerprint density at radius 1 is 1.05 bits per heavy atom. The first-order valence-electron chi connectivity index (χ1n) is 6.62. The van der Waals surface area contributed by atoms with Crippen LogP contribution in [0.3, 0.4) is 0 Å². The van der Waals surface area contributed by atoms with Gasteiger partial charge in [0.1, 0.15) is 11.6 Å². The molecule has 22 heavy (non-hydrogen) atoms. The summed E-state index contributed by atoms with van der Waals surface area (Å²) < 4.78 is 36.7. The molecule has 5 nitrogen and oxygen atoms in total. The zero-order chi connectivity index (χ0) is 16.3. The van der Waals surface area contributed by atoms with Gasteiger partial charge in [0.05, 0.1) is 24.3 Å². The smallest absolute Gasteiger partial charge is 0.357 e. The number of carbonyl (C=O) groups is 2. The molecule has 0 fully saturated rings. The highest BCUT2D eigenvalue weighted by Gasteiger charge is 2.23. The molecule has 1 heterocycles. The second-order valence-electron chi connectivity index (χ2n) is 4.28. The number of esters is 2. The maximum Gasteiger partial charge on any atom is 0.357 e. The van der Waals surface area contributed by atoms with Crippen molar-refractivity contribution >= 4 is 22.8 Å². The average Bonchev–Trinajstić information content (AvgIpc) is 2.46. The Morgan fingerprint density at radius 3 is 2.32 bits per heavy atom. The summed E-state index contributed by atoms with van der Waals surface area (Å²) in [4.78, 5) is 27.7. The van der Waals surface area contributed by atoms with Crippen molar-refractivity contribution in [1.29, 1.82) is 0 Å². The number of benzene rings is 1. The normalized spacial score (nSPS) is 10.5. The number of pyridine rings is 1. The number of ether oxygens (including phenoxy) is 2. The van der Waals surface area contributed by atoms with Crippen LogP contribution in [-0.4, -0.2) is 30.1 Å². The van der Waals surface area contributed by atoms with Gasteiger partial charge in [0.25, 0.3) is 0 Å². The molecular weight excluding hydrogens is 296 g/mol. The molecule has 2 aromatic rings. The summed E-state index contributed by atoms with van der Waals surface area (Å²) in [5.74, 6) is -3.42. The van der Waals surface area contributed by atoms with Crippen LogP contribution in [0.1, 0.15) is 34.7 Å². The van der Waals surface area contributed by atoms with Crippen LogP contribution in [0.25, 0.3) is 10.9 Å². The zero-order valence-electron chi connectivity index (χ0n) is 12.0. The topological polar surface area (TPSA) is 65.5 Å². The molecule has 0 saturated carbocycles. The van der Waals surface area contributed by atoms with E-state index in [9.17, 15) is 18.4 Å². The number of aromatic nitrogens is 1. The first-order valence-corrected chi connectivity index (χ1v) is 6.62. The van der Waals surface area contributed by atoms with Gasteiger partial charge < -0.3 is 9.47 Å². The maximum atomic E-state index is 13.8. The lowest BCUT2D eigenvalue weighted by Crippen LogP contribution is -2.16. The minimum atomic E-state index is -0.886. The van der Waals surface area contributed by atoms with Crippen LogP contribution >= 0.6 is 0 Å². The van der Waals surface area contributed by atoms with E-state index in [1.54, 1.807) is 13.8 Å². The van der Waals surface area contributed by atoms with Gasteiger partial charge in [-0.3, -0.25) is 0 Å². The van der Waals surface area contributed by atoms with Crippen molar-refractivity contribution < 1.29 is 27.8 Å². The lowest BCUT2D eigenvalue weighted by atomic mass is 10.1. The van der Waals surface area contributed by atoms with Crippen LogP contribution in [0.15, 0.2) is 18.2 Å². The van der Waals surface area contributed by atoms with Crippen molar-refractivity contribution in [3.63, 3.8) is 0 Å². The van der Waals surface area contributed by atoms with Gasteiger partial charge in [0, 0.05) is 17.5 Å². The summed E-state index contributed by atoms with van der Waals surface area (Å²) in [5, 5.41) is -0.0856. The highest BCUT2D eigenvalue weighted by Crippen LogP contribution is 2.22. The summed E-state index contributed by atoms with van der Waals surface area (Å²) in [7, 11) is 0. The summed E-state index contributed by atoms with van der Waals surface area (Å²) in [5.41, 5.74) is -0.648. The Hall–Kier alpha value is -2.57. The molecule has 2 rings (SSSR count). The third-order valence-electron chi connectivity index (χ3n) is 2.81. The van der Waals surface area contributed by atoms with Gasteiger partial charge in [-0.1, -0.05) is 0 Å². The number of hydrogen-bond acceptors (Lipinski definition) is 5. The highest BCUT2D eigenvalue weighted by atomic mass is 19.1. The predicted octanol–water partition coefficient (Wildman–Crippen LogP) is 2.87. The van der Waals surface area contributed by atoms with Crippen LogP contribution in [0, 0.1) is 11.6 Å². The molecule has 0 radical (unpaired) electrons. The Bertz CT molecular complexity index is 746. The lowest BCUT2D eigenvalue weighted by Gasteiger charge is -2.10. The third-order valence-corrected chi connectivity index (χ3v) is 2.81. The highest BCUT2D eigenvalue weighted by molar-refractivity contribution is 6.04. The van der Waals surface area contributed by atoms with Gasteiger partial charge >= 0.3 is 11.9 Å². The fourth-order valence-corrected chi connectivity index (χ4v) is 1.92. The minimum Gasteiger partial charge on any atom is -0.462 e. The van der Waals surface area contributed by atoms with Gasteiger partial charge in [-0.2, -0.15) is 0 Å². The largest absolute Gasteiger partial charge is 0.462 e. The van der Waals surface area contributed by atoms with Crippen molar-refractivity contribution in [2.24, 2.45) is 0 Å². The Labute approximate surface area is 124 Å². The molecule has 116 valence electrons. The summed E-state index contributed by atoms with van der Waals surface area (Å²) in [6.45, 7) is 3.32. The number of fused-ring (bicyclic) bond motifs is 1. The Morgan fingerprint density at radius 2 is 1.68 bits per heavy atom. The molecule has 0 aliphatic carbocycles. The van der Waals surface area contributed by atoms with Crippen LogP contribution in [0.4, 0.5) is 8.78 Å². The fraction of sp³-hybridized carbons (Fsp3) is 0.267.